The fourth-order valence-corrected chi connectivity index (χ4v) is 1.44. The van der Waals surface area contributed by atoms with Crippen molar-refractivity contribution in [3.05, 3.63) is 29.8 Å². The molecule has 4 heteroatoms. The van der Waals surface area contributed by atoms with Crippen molar-refractivity contribution < 1.29 is 14.6 Å². The highest BCUT2D eigenvalue weighted by Crippen LogP contribution is 2.19. The van der Waals surface area contributed by atoms with Crippen LogP contribution in [0.25, 0.3) is 0 Å². The number of aliphatic carboxylic acids is 1. The van der Waals surface area contributed by atoms with E-state index in [0.29, 0.717) is 5.75 Å². The molecule has 0 aromatic heterocycles. The van der Waals surface area contributed by atoms with Gasteiger partial charge in [0.25, 0.3) is 0 Å². The highest BCUT2D eigenvalue weighted by Gasteiger charge is 2.28. The first kappa shape index (κ1) is 15.5. The van der Waals surface area contributed by atoms with Crippen LogP contribution in [0.4, 0.5) is 0 Å². The molecule has 0 spiro atoms. The first-order valence-electron chi connectivity index (χ1n) is 6.61. The van der Waals surface area contributed by atoms with Gasteiger partial charge in [-0.3, -0.25) is 4.79 Å². The molecule has 106 valence electrons. The SMILES string of the molecule is CCCNCc1ccc(OCC(C)(C)C(=O)O)cc1. The number of hydrogen-bond donors (Lipinski definition) is 2. The summed E-state index contributed by atoms with van der Waals surface area (Å²) in [5.74, 6) is -0.151. The lowest BCUT2D eigenvalue weighted by molar-refractivity contribution is -0.148. The number of carboxylic acid groups (broad SMARTS) is 1. The lowest BCUT2D eigenvalue weighted by Gasteiger charge is -2.19. The van der Waals surface area contributed by atoms with E-state index in [-0.39, 0.29) is 6.61 Å². The van der Waals surface area contributed by atoms with Crippen LogP contribution in [0.5, 0.6) is 5.75 Å². The Hall–Kier alpha value is -1.55. The number of carbonyl (C=O) groups is 1. The molecule has 19 heavy (non-hydrogen) atoms. The first-order valence-corrected chi connectivity index (χ1v) is 6.61. The van der Waals surface area contributed by atoms with Gasteiger partial charge in [-0.2, -0.15) is 0 Å². The maximum Gasteiger partial charge on any atom is 0.312 e. The summed E-state index contributed by atoms with van der Waals surface area (Å²) in [5.41, 5.74) is 0.319. The molecule has 0 unspecified atom stereocenters. The number of benzene rings is 1. The van der Waals surface area contributed by atoms with Crippen LogP contribution in [0.1, 0.15) is 32.8 Å². The third-order valence-electron chi connectivity index (χ3n) is 2.86. The number of rotatable bonds is 8. The van der Waals surface area contributed by atoms with Crippen LogP contribution in [-0.4, -0.2) is 24.2 Å². The Morgan fingerprint density at radius 2 is 1.95 bits per heavy atom. The van der Waals surface area contributed by atoms with Gasteiger partial charge < -0.3 is 15.2 Å². The molecule has 4 nitrogen and oxygen atoms in total. The fourth-order valence-electron chi connectivity index (χ4n) is 1.44. The van der Waals surface area contributed by atoms with E-state index < -0.39 is 11.4 Å². The smallest absolute Gasteiger partial charge is 0.312 e. The Labute approximate surface area is 114 Å². The van der Waals surface area contributed by atoms with Crippen LogP contribution < -0.4 is 10.1 Å². The molecule has 1 aromatic carbocycles. The van der Waals surface area contributed by atoms with Crippen molar-refractivity contribution in [1.82, 2.24) is 5.32 Å². The standard InChI is InChI=1S/C15H23NO3/c1-4-9-16-10-12-5-7-13(8-6-12)19-11-15(2,3)14(17)18/h5-8,16H,4,9-11H2,1-3H3,(H,17,18). The summed E-state index contributed by atoms with van der Waals surface area (Å²) >= 11 is 0. The number of carboxylic acids is 1. The molecule has 0 bridgehead atoms. The van der Waals surface area contributed by atoms with E-state index in [9.17, 15) is 4.79 Å². The second-order valence-electron chi connectivity index (χ2n) is 5.30. The van der Waals surface area contributed by atoms with Crippen molar-refractivity contribution >= 4 is 5.97 Å². The van der Waals surface area contributed by atoms with E-state index in [1.807, 2.05) is 24.3 Å². The van der Waals surface area contributed by atoms with E-state index in [1.165, 1.54) is 5.56 Å². The molecule has 1 rings (SSSR count). The van der Waals surface area contributed by atoms with Crippen LogP contribution in [-0.2, 0) is 11.3 Å². The summed E-state index contributed by atoms with van der Waals surface area (Å²) in [6.07, 6.45) is 1.12. The third-order valence-corrected chi connectivity index (χ3v) is 2.86. The van der Waals surface area contributed by atoms with Crippen molar-refractivity contribution in [2.24, 2.45) is 5.41 Å². The molecular formula is C15H23NO3. The second-order valence-corrected chi connectivity index (χ2v) is 5.30. The quantitative estimate of drug-likeness (QED) is 0.709. The average molecular weight is 265 g/mol. The molecule has 0 fully saturated rings. The van der Waals surface area contributed by atoms with E-state index in [0.717, 1.165) is 19.5 Å². The van der Waals surface area contributed by atoms with E-state index >= 15 is 0 Å². The maximum absolute atomic E-state index is 11.0. The van der Waals surface area contributed by atoms with Crippen LogP contribution in [0.15, 0.2) is 24.3 Å². The van der Waals surface area contributed by atoms with Gasteiger partial charge in [-0.25, -0.2) is 0 Å². The minimum absolute atomic E-state index is 0.162. The van der Waals surface area contributed by atoms with Gasteiger partial charge in [0.05, 0.1) is 5.41 Å². The zero-order valence-corrected chi connectivity index (χ0v) is 11.9. The summed E-state index contributed by atoms with van der Waals surface area (Å²) < 4.78 is 5.51. The monoisotopic (exact) mass is 265 g/mol. The van der Waals surface area contributed by atoms with Gasteiger partial charge >= 0.3 is 5.97 Å². The van der Waals surface area contributed by atoms with Gasteiger partial charge in [-0.1, -0.05) is 19.1 Å². The second kappa shape index (κ2) is 7.14. The predicted octanol–water partition coefficient (Wildman–Crippen LogP) is 2.68. The molecule has 1 aromatic rings. The van der Waals surface area contributed by atoms with Crippen molar-refractivity contribution in [1.29, 1.82) is 0 Å². The Bertz CT molecular complexity index is 398. The molecule has 2 N–H and O–H groups in total. The lowest BCUT2D eigenvalue weighted by atomic mass is 9.95. The average Bonchev–Trinajstić information content (AvgIpc) is 2.38. The molecule has 0 radical (unpaired) electrons. The predicted molar refractivity (Wildman–Crippen MR) is 75.4 cm³/mol. The van der Waals surface area contributed by atoms with Gasteiger partial charge in [0.2, 0.25) is 0 Å². The van der Waals surface area contributed by atoms with Gasteiger partial charge in [0.1, 0.15) is 12.4 Å². The van der Waals surface area contributed by atoms with Crippen LogP contribution >= 0.6 is 0 Å². The topological polar surface area (TPSA) is 58.6 Å². The van der Waals surface area contributed by atoms with E-state index in [2.05, 4.69) is 12.2 Å². The van der Waals surface area contributed by atoms with Crippen LogP contribution in [0, 0.1) is 5.41 Å². The van der Waals surface area contributed by atoms with Crippen molar-refractivity contribution in [3.8, 4) is 5.75 Å². The molecule has 0 aliphatic rings. The van der Waals surface area contributed by atoms with Gasteiger partial charge in [0.15, 0.2) is 0 Å². The van der Waals surface area contributed by atoms with Crippen molar-refractivity contribution in [2.45, 2.75) is 33.7 Å². The highest BCUT2D eigenvalue weighted by atomic mass is 16.5. The molecule has 0 heterocycles. The number of nitrogens with one attached hydrogen (secondary N) is 1. The van der Waals surface area contributed by atoms with Gasteiger partial charge in [0, 0.05) is 6.54 Å². The molecule has 0 saturated heterocycles. The minimum Gasteiger partial charge on any atom is -0.492 e. The van der Waals surface area contributed by atoms with Gasteiger partial charge in [-0.05, 0) is 44.5 Å². The van der Waals surface area contributed by atoms with E-state index in [4.69, 9.17) is 9.84 Å². The molecule has 0 aliphatic carbocycles. The Balaban J connectivity index is 2.46. The summed E-state index contributed by atoms with van der Waals surface area (Å²) in [5, 5.41) is 12.3. The fraction of sp³-hybridized carbons (Fsp3) is 0.533. The van der Waals surface area contributed by atoms with Crippen molar-refractivity contribution in [3.63, 3.8) is 0 Å². The van der Waals surface area contributed by atoms with Crippen molar-refractivity contribution in [2.75, 3.05) is 13.2 Å². The largest absolute Gasteiger partial charge is 0.492 e. The third kappa shape index (κ3) is 5.30. The first-order chi connectivity index (χ1) is 8.95. The zero-order chi connectivity index (χ0) is 14.3. The van der Waals surface area contributed by atoms with Crippen LogP contribution in [0.3, 0.4) is 0 Å². The summed E-state index contributed by atoms with van der Waals surface area (Å²) in [4.78, 5) is 11.0. The molecule has 0 atom stereocenters. The van der Waals surface area contributed by atoms with Crippen LogP contribution in [0.2, 0.25) is 0 Å². The number of ether oxygens (including phenoxy) is 1. The zero-order valence-electron chi connectivity index (χ0n) is 11.9. The molecule has 0 aliphatic heterocycles. The Morgan fingerprint density at radius 3 is 2.47 bits per heavy atom. The van der Waals surface area contributed by atoms with E-state index in [1.54, 1.807) is 13.8 Å². The lowest BCUT2D eigenvalue weighted by Crippen LogP contribution is -2.30. The molecular weight excluding hydrogens is 242 g/mol. The van der Waals surface area contributed by atoms with Gasteiger partial charge in [-0.15, -0.1) is 0 Å². The molecule has 0 saturated carbocycles. The summed E-state index contributed by atoms with van der Waals surface area (Å²) in [6, 6.07) is 7.74. The normalized spacial score (nSPS) is 11.3. The number of hydrogen-bond acceptors (Lipinski definition) is 3. The Kier molecular flexibility index (Phi) is 5.83. The minimum atomic E-state index is -0.874. The Morgan fingerprint density at radius 1 is 1.32 bits per heavy atom. The maximum atomic E-state index is 11.0. The highest BCUT2D eigenvalue weighted by molar-refractivity contribution is 5.73. The summed E-state index contributed by atoms with van der Waals surface area (Å²) in [6.45, 7) is 7.44. The summed E-state index contributed by atoms with van der Waals surface area (Å²) in [7, 11) is 0. The molecule has 0 amide bonds.